The third-order valence-corrected chi connectivity index (χ3v) is 3.96. The largest absolute Gasteiger partial charge is 0.493 e. The van der Waals surface area contributed by atoms with Gasteiger partial charge in [0.05, 0.1) is 12.2 Å². The molecular weight excluding hydrogens is 342 g/mol. The highest BCUT2D eigenvalue weighted by Gasteiger charge is 2.19. The van der Waals surface area contributed by atoms with Gasteiger partial charge in [-0.3, -0.25) is 4.79 Å². The highest BCUT2D eigenvalue weighted by molar-refractivity contribution is 5.97. The molecule has 0 unspecified atom stereocenters. The van der Waals surface area contributed by atoms with Crippen molar-refractivity contribution in [1.82, 2.24) is 0 Å². The monoisotopic (exact) mass is 369 g/mol. The lowest BCUT2D eigenvalue weighted by atomic mass is 10.1. The maximum Gasteiger partial charge on any atom is 0.338 e. The van der Waals surface area contributed by atoms with Gasteiger partial charge in [0, 0.05) is 5.69 Å². The van der Waals surface area contributed by atoms with E-state index in [-0.39, 0.29) is 5.91 Å². The Hall–Kier alpha value is -2.82. The van der Waals surface area contributed by atoms with Crippen molar-refractivity contribution >= 4 is 17.6 Å². The Morgan fingerprint density at radius 2 is 1.59 bits per heavy atom. The van der Waals surface area contributed by atoms with Gasteiger partial charge in [-0.15, -0.1) is 0 Å². The van der Waals surface area contributed by atoms with Gasteiger partial charge in [-0.05, 0) is 61.2 Å². The van der Waals surface area contributed by atoms with Crippen LogP contribution in [0.4, 0.5) is 5.69 Å². The molecule has 0 saturated heterocycles. The molecule has 0 radical (unpaired) electrons. The predicted octanol–water partition coefficient (Wildman–Crippen LogP) is 4.47. The first kappa shape index (κ1) is 20.5. The third-order valence-electron chi connectivity index (χ3n) is 3.96. The van der Waals surface area contributed by atoms with E-state index in [9.17, 15) is 9.59 Å². The summed E-state index contributed by atoms with van der Waals surface area (Å²) >= 11 is 0. The van der Waals surface area contributed by atoms with Gasteiger partial charge in [0.15, 0.2) is 6.10 Å². The van der Waals surface area contributed by atoms with Crippen molar-refractivity contribution in [3.8, 4) is 5.75 Å². The number of benzene rings is 2. The van der Waals surface area contributed by atoms with Crippen LogP contribution in [0.2, 0.25) is 0 Å². The predicted molar refractivity (Wildman–Crippen MR) is 106 cm³/mol. The SMILES string of the molecule is CCc1ccc(NC(=O)[C@@H](C)OC(=O)c2ccc(OCC(C)C)cc2)cc1. The van der Waals surface area contributed by atoms with E-state index in [0.717, 1.165) is 6.42 Å². The molecule has 0 saturated carbocycles. The van der Waals surface area contributed by atoms with Crippen molar-refractivity contribution in [2.45, 2.75) is 40.2 Å². The summed E-state index contributed by atoms with van der Waals surface area (Å²) in [5.74, 6) is 0.202. The van der Waals surface area contributed by atoms with Crippen LogP contribution in [-0.2, 0) is 16.0 Å². The summed E-state index contributed by atoms with van der Waals surface area (Å²) < 4.78 is 10.8. The summed E-state index contributed by atoms with van der Waals surface area (Å²) in [6, 6.07) is 14.3. The second-order valence-electron chi connectivity index (χ2n) is 6.82. The van der Waals surface area contributed by atoms with Crippen molar-refractivity contribution in [3.63, 3.8) is 0 Å². The number of hydrogen-bond donors (Lipinski definition) is 1. The molecule has 0 aromatic heterocycles. The number of carbonyl (C=O) groups excluding carboxylic acids is 2. The van der Waals surface area contributed by atoms with E-state index in [1.165, 1.54) is 5.56 Å². The van der Waals surface area contributed by atoms with E-state index in [1.807, 2.05) is 24.3 Å². The van der Waals surface area contributed by atoms with Crippen molar-refractivity contribution in [3.05, 3.63) is 59.7 Å². The zero-order chi connectivity index (χ0) is 19.8. The van der Waals surface area contributed by atoms with Crippen LogP contribution in [0.3, 0.4) is 0 Å². The number of amides is 1. The molecule has 5 heteroatoms. The fourth-order valence-electron chi connectivity index (χ4n) is 2.30. The fourth-order valence-corrected chi connectivity index (χ4v) is 2.30. The quantitative estimate of drug-likeness (QED) is 0.698. The average Bonchev–Trinajstić information content (AvgIpc) is 2.67. The Morgan fingerprint density at radius 1 is 0.963 bits per heavy atom. The van der Waals surface area contributed by atoms with Gasteiger partial charge in [0.1, 0.15) is 5.75 Å². The molecule has 0 bridgehead atoms. The van der Waals surface area contributed by atoms with Crippen LogP contribution < -0.4 is 10.1 Å². The summed E-state index contributed by atoms with van der Waals surface area (Å²) in [4.78, 5) is 24.5. The van der Waals surface area contributed by atoms with E-state index in [4.69, 9.17) is 9.47 Å². The minimum atomic E-state index is -0.903. The molecule has 0 aliphatic rings. The zero-order valence-electron chi connectivity index (χ0n) is 16.3. The van der Waals surface area contributed by atoms with Gasteiger partial charge < -0.3 is 14.8 Å². The van der Waals surface area contributed by atoms with Crippen LogP contribution in [-0.4, -0.2) is 24.6 Å². The summed E-state index contributed by atoms with van der Waals surface area (Å²) in [6.07, 6.45) is 0.0315. The van der Waals surface area contributed by atoms with Crippen LogP contribution in [0, 0.1) is 5.92 Å². The number of aryl methyl sites for hydroxylation is 1. The number of anilines is 1. The van der Waals surface area contributed by atoms with E-state index in [2.05, 4.69) is 26.1 Å². The molecule has 1 amide bonds. The Bertz CT molecular complexity index is 751. The van der Waals surface area contributed by atoms with Crippen molar-refractivity contribution in [2.75, 3.05) is 11.9 Å². The number of esters is 1. The number of carbonyl (C=O) groups is 2. The van der Waals surface area contributed by atoms with Gasteiger partial charge in [0.2, 0.25) is 0 Å². The van der Waals surface area contributed by atoms with Crippen LogP contribution in [0.5, 0.6) is 5.75 Å². The number of nitrogens with one attached hydrogen (secondary N) is 1. The first-order valence-electron chi connectivity index (χ1n) is 9.22. The van der Waals surface area contributed by atoms with Crippen LogP contribution in [0.15, 0.2) is 48.5 Å². The van der Waals surface area contributed by atoms with Crippen molar-refractivity contribution in [1.29, 1.82) is 0 Å². The van der Waals surface area contributed by atoms with Gasteiger partial charge >= 0.3 is 5.97 Å². The average molecular weight is 369 g/mol. The third kappa shape index (κ3) is 6.44. The second-order valence-corrected chi connectivity index (χ2v) is 6.82. The molecule has 2 aromatic carbocycles. The summed E-state index contributed by atoms with van der Waals surface area (Å²) in [5, 5.41) is 2.75. The van der Waals surface area contributed by atoms with Crippen LogP contribution >= 0.6 is 0 Å². The standard InChI is InChI=1S/C22H27NO4/c1-5-17-6-10-19(11-7-17)23-21(24)16(4)27-22(25)18-8-12-20(13-9-18)26-14-15(2)3/h6-13,15-16H,5,14H2,1-4H3,(H,23,24)/t16-/m1/s1. The first-order valence-corrected chi connectivity index (χ1v) is 9.22. The Labute approximate surface area is 160 Å². The fraction of sp³-hybridized carbons (Fsp3) is 0.364. The van der Waals surface area contributed by atoms with Crippen LogP contribution in [0.25, 0.3) is 0 Å². The molecule has 0 aliphatic heterocycles. The Morgan fingerprint density at radius 3 is 2.15 bits per heavy atom. The minimum absolute atomic E-state index is 0.371. The molecule has 5 nitrogen and oxygen atoms in total. The molecule has 1 N–H and O–H groups in total. The lowest BCUT2D eigenvalue weighted by molar-refractivity contribution is -0.123. The van der Waals surface area contributed by atoms with Crippen LogP contribution in [0.1, 0.15) is 43.6 Å². The molecule has 2 rings (SSSR count). The van der Waals surface area contributed by atoms with Gasteiger partial charge in [-0.1, -0.05) is 32.9 Å². The van der Waals surface area contributed by atoms with E-state index >= 15 is 0 Å². The Balaban J connectivity index is 1.88. The minimum Gasteiger partial charge on any atom is -0.493 e. The van der Waals surface area contributed by atoms with E-state index in [1.54, 1.807) is 31.2 Å². The van der Waals surface area contributed by atoms with Crippen molar-refractivity contribution in [2.24, 2.45) is 5.92 Å². The zero-order valence-corrected chi connectivity index (χ0v) is 16.3. The lowest BCUT2D eigenvalue weighted by Crippen LogP contribution is -2.30. The molecule has 2 aromatic rings. The van der Waals surface area contributed by atoms with Crippen molar-refractivity contribution < 1.29 is 19.1 Å². The molecule has 0 spiro atoms. The van der Waals surface area contributed by atoms with E-state index in [0.29, 0.717) is 29.5 Å². The van der Waals surface area contributed by atoms with Gasteiger partial charge in [-0.2, -0.15) is 0 Å². The maximum atomic E-state index is 12.2. The van der Waals surface area contributed by atoms with Gasteiger partial charge in [-0.25, -0.2) is 4.79 Å². The topological polar surface area (TPSA) is 64.6 Å². The van der Waals surface area contributed by atoms with E-state index < -0.39 is 12.1 Å². The Kier molecular flexibility index (Phi) is 7.41. The maximum absolute atomic E-state index is 12.2. The normalized spacial score (nSPS) is 11.7. The number of hydrogen-bond acceptors (Lipinski definition) is 4. The van der Waals surface area contributed by atoms with Gasteiger partial charge in [0.25, 0.3) is 5.91 Å². The second kappa shape index (κ2) is 9.76. The molecular formula is C22H27NO4. The lowest BCUT2D eigenvalue weighted by Gasteiger charge is -2.14. The number of rotatable bonds is 8. The molecule has 27 heavy (non-hydrogen) atoms. The summed E-state index contributed by atoms with van der Waals surface area (Å²) in [5.41, 5.74) is 2.24. The molecule has 0 fully saturated rings. The number of ether oxygens (including phenoxy) is 2. The summed E-state index contributed by atoms with van der Waals surface area (Å²) in [7, 11) is 0. The summed E-state index contributed by atoms with van der Waals surface area (Å²) in [6.45, 7) is 8.36. The molecule has 0 aliphatic carbocycles. The first-order chi connectivity index (χ1) is 12.9. The highest BCUT2D eigenvalue weighted by Crippen LogP contribution is 2.15. The molecule has 144 valence electrons. The highest BCUT2D eigenvalue weighted by atomic mass is 16.5. The molecule has 1 atom stereocenters. The molecule has 0 heterocycles. The smallest absolute Gasteiger partial charge is 0.338 e.